The third kappa shape index (κ3) is 8.01. The molecule has 1 heterocycles. The predicted molar refractivity (Wildman–Crippen MR) is 166 cm³/mol. The zero-order valence-corrected chi connectivity index (χ0v) is 23.4. The minimum absolute atomic E-state index is 0.0748. The van der Waals surface area contributed by atoms with Gasteiger partial charge in [-0.3, -0.25) is 0 Å². The molecule has 0 bridgehead atoms. The van der Waals surface area contributed by atoms with Crippen LogP contribution in [-0.4, -0.2) is 34.6 Å². The number of carbonyl (C=O) groups is 1. The third-order valence-electron chi connectivity index (χ3n) is 7.81. The highest BCUT2D eigenvalue weighted by Gasteiger charge is 2.29. The highest BCUT2D eigenvalue weighted by Crippen LogP contribution is 2.43. The molecule has 3 unspecified atom stereocenters. The van der Waals surface area contributed by atoms with Crippen LogP contribution < -0.4 is 11.5 Å². The minimum atomic E-state index is -1.04. The van der Waals surface area contributed by atoms with Crippen molar-refractivity contribution in [1.82, 2.24) is 4.98 Å². The Morgan fingerprint density at radius 2 is 1.82 bits per heavy atom. The zero-order valence-electron chi connectivity index (χ0n) is 23.4. The van der Waals surface area contributed by atoms with Crippen LogP contribution in [0, 0.1) is 5.92 Å². The molecule has 1 aliphatic carbocycles. The molecule has 6 N–H and O–H groups in total. The van der Waals surface area contributed by atoms with E-state index in [9.17, 15) is 9.90 Å². The first-order chi connectivity index (χ1) is 19.4. The van der Waals surface area contributed by atoms with Gasteiger partial charge in [0, 0.05) is 6.08 Å². The second-order valence-corrected chi connectivity index (χ2v) is 10.7. The summed E-state index contributed by atoms with van der Waals surface area (Å²) in [5.41, 5.74) is 14.4. The number of nitrogens with zero attached hydrogens (tertiary/aromatic N) is 2. The molecule has 0 spiro atoms. The van der Waals surface area contributed by atoms with Crippen LogP contribution in [0.15, 0.2) is 77.4 Å². The number of nitrogens with one attached hydrogen (secondary N) is 1. The molecule has 0 amide bonds. The van der Waals surface area contributed by atoms with Crippen LogP contribution in [0.5, 0.6) is 0 Å². The van der Waals surface area contributed by atoms with Crippen molar-refractivity contribution in [3.8, 4) is 0 Å². The first-order valence-corrected chi connectivity index (χ1v) is 14.5. The van der Waals surface area contributed by atoms with Gasteiger partial charge in [0.05, 0.1) is 6.54 Å². The van der Waals surface area contributed by atoms with Crippen molar-refractivity contribution in [3.63, 3.8) is 0 Å². The van der Waals surface area contributed by atoms with E-state index in [4.69, 9.17) is 16.8 Å². The van der Waals surface area contributed by atoms with Gasteiger partial charge in [-0.2, -0.15) is 0 Å². The molecular formula is C33H42N5O2-. The average molecular weight is 541 g/mol. The van der Waals surface area contributed by atoms with Gasteiger partial charge in [-0.15, -0.1) is 0 Å². The van der Waals surface area contributed by atoms with E-state index in [2.05, 4.69) is 65.5 Å². The largest absolute Gasteiger partial charge is 0.478 e. The van der Waals surface area contributed by atoms with Gasteiger partial charge in [-0.05, 0) is 64.3 Å². The lowest BCUT2D eigenvalue weighted by atomic mass is 9.73. The van der Waals surface area contributed by atoms with Crippen LogP contribution in [0.1, 0.15) is 75.3 Å². The van der Waals surface area contributed by atoms with Crippen molar-refractivity contribution in [2.24, 2.45) is 22.4 Å². The van der Waals surface area contributed by atoms with Crippen molar-refractivity contribution in [3.05, 3.63) is 88.9 Å². The number of unbranched alkanes of at least 4 members (excludes halogenated alkanes) is 5. The Balaban J connectivity index is 1.65. The minimum Gasteiger partial charge on any atom is -0.478 e. The fraction of sp³-hybridized carbons (Fsp3) is 0.394. The lowest BCUT2D eigenvalue weighted by Crippen LogP contribution is -2.26. The number of aromatic amines is 1. The summed E-state index contributed by atoms with van der Waals surface area (Å²) in [5.74, 6) is 0.0849. The van der Waals surface area contributed by atoms with Crippen LogP contribution in [-0.2, 0) is 4.79 Å². The molecular weight excluding hydrogens is 498 g/mol. The maximum absolute atomic E-state index is 11.8. The molecule has 7 nitrogen and oxygen atoms in total. The summed E-state index contributed by atoms with van der Waals surface area (Å²) in [5, 5.41) is 17.1. The number of carboxylic acid groups (broad SMARTS) is 1. The van der Waals surface area contributed by atoms with E-state index in [1.807, 2.05) is 18.3 Å². The second kappa shape index (κ2) is 14.4. The number of nitrogens with two attached hydrogens (primary N) is 2. The first-order valence-electron chi connectivity index (χ1n) is 14.5. The summed E-state index contributed by atoms with van der Waals surface area (Å²) in [4.78, 5) is 19.1. The van der Waals surface area contributed by atoms with Gasteiger partial charge in [0.15, 0.2) is 5.96 Å². The normalized spacial score (nSPS) is 17.4. The highest BCUT2D eigenvalue weighted by molar-refractivity contribution is 5.87. The maximum Gasteiger partial charge on any atom is 0.328 e. The van der Waals surface area contributed by atoms with E-state index in [1.54, 1.807) is 0 Å². The number of hydrogen-bond acceptors (Lipinski definition) is 2. The predicted octanol–water partition coefficient (Wildman–Crippen LogP) is 7.39. The van der Waals surface area contributed by atoms with Crippen molar-refractivity contribution in [2.75, 3.05) is 6.54 Å². The number of aliphatic imine (C=N–C) groups is 1. The molecule has 0 aliphatic heterocycles. The van der Waals surface area contributed by atoms with E-state index >= 15 is 0 Å². The van der Waals surface area contributed by atoms with Gasteiger partial charge in [0.25, 0.3) is 0 Å². The van der Waals surface area contributed by atoms with Crippen LogP contribution in [0.2, 0.25) is 0 Å². The Kier molecular flexibility index (Phi) is 10.4. The van der Waals surface area contributed by atoms with Gasteiger partial charge >= 0.3 is 5.97 Å². The number of guanidine groups is 1. The van der Waals surface area contributed by atoms with Crippen molar-refractivity contribution >= 4 is 34.6 Å². The number of benzene rings is 2. The van der Waals surface area contributed by atoms with Crippen molar-refractivity contribution in [2.45, 2.75) is 70.3 Å². The molecule has 1 aromatic heterocycles. The number of aliphatic carboxylic acids is 1. The number of H-pyrrole nitrogens is 1. The molecule has 40 heavy (non-hydrogen) atoms. The Morgan fingerprint density at radius 3 is 2.52 bits per heavy atom. The number of carboxylic acids is 1. The Morgan fingerprint density at radius 1 is 1.07 bits per heavy atom. The van der Waals surface area contributed by atoms with Gasteiger partial charge in [0.2, 0.25) is 0 Å². The maximum atomic E-state index is 11.8. The fourth-order valence-corrected chi connectivity index (χ4v) is 5.79. The molecule has 0 fully saturated rings. The number of allylic oxidation sites excluding steroid dienone is 1. The van der Waals surface area contributed by atoms with E-state index < -0.39 is 12.0 Å². The van der Waals surface area contributed by atoms with Gasteiger partial charge in [-0.1, -0.05) is 112 Å². The summed E-state index contributed by atoms with van der Waals surface area (Å²) in [6.45, 7) is 2.33. The Hall–Kier alpha value is -4.00. The summed E-state index contributed by atoms with van der Waals surface area (Å²) in [6, 6.07) is 16.5. The van der Waals surface area contributed by atoms with Gasteiger partial charge in [-0.25, -0.2) is 9.79 Å². The molecule has 4 rings (SSSR count). The molecule has 0 saturated carbocycles. The van der Waals surface area contributed by atoms with E-state index in [1.165, 1.54) is 60.1 Å². The van der Waals surface area contributed by atoms with Crippen molar-refractivity contribution in [1.29, 1.82) is 0 Å². The smallest absolute Gasteiger partial charge is 0.328 e. The number of rotatable bonds is 15. The fourth-order valence-electron chi connectivity index (χ4n) is 5.79. The average Bonchev–Trinajstić information content (AvgIpc) is 3.45. The van der Waals surface area contributed by atoms with E-state index in [-0.39, 0.29) is 18.4 Å². The lowest BCUT2D eigenvalue weighted by molar-refractivity contribution is -0.131. The number of aromatic nitrogens is 1. The molecule has 7 heteroatoms. The van der Waals surface area contributed by atoms with Crippen molar-refractivity contribution < 1.29 is 9.90 Å². The van der Waals surface area contributed by atoms with Gasteiger partial charge in [0.1, 0.15) is 0 Å². The van der Waals surface area contributed by atoms with Crippen LogP contribution in [0.4, 0.5) is 5.82 Å². The van der Waals surface area contributed by atoms with Crippen LogP contribution in [0.25, 0.3) is 22.2 Å². The number of hydrogen-bond donors (Lipinski definition) is 4. The van der Waals surface area contributed by atoms with E-state index in [0.717, 1.165) is 12.8 Å². The SMILES string of the molecule is CCCCCCCCC1c2cc3ccccc3cc2C=CC1CC([N-]c1ccc[nH]1)C(=CC(=O)O)CN=C(N)N. The summed E-state index contributed by atoms with van der Waals surface area (Å²) >= 11 is 0. The quantitative estimate of drug-likeness (QED) is 0.0692. The number of fused-ring (bicyclic) bond motifs is 2. The van der Waals surface area contributed by atoms with Crippen LogP contribution in [0.3, 0.4) is 0 Å². The molecule has 1 aliphatic rings. The summed E-state index contributed by atoms with van der Waals surface area (Å²) in [7, 11) is 0. The monoisotopic (exact) mass is 540 g/mol. The molecule has 3 aromatic rings. The summed E-state index contributed by atoms with van der Waals surface area (Å²) < 4.78 is 0. The summed E-state index contributed by atoms with van der Waals surface area (Å²) in [6.07, 6.45) is 16.8. The molecule has 2 aromatic carbocycles. The standard InChI is InChI=1S/C33H42N5O2/c1-2-3-4-5-6-7-13-28-26(16-15-25-18-23-11-8-9-12-24(23)19-29(25)28)20-30(38-31-14-10-17-36-31)27(21-32(39)40)22-37-33(34)35/h8-12,14-19,21,26,28,30,36H,2-7,13,20,22H2,1H3,(H,39,40)(H4,34,35,37)/q-1. The topological polar surface area (TPSA) is 132 Å². The highest BCUT2D eigenvalue weighted by atomic mass is 16.4. The molecule has 0 radical (unpaired) electrons. The lowest BCUT2D eigenvalue weighted by Gasteiger charge is -2.36. The first kappa shape index (κ1) is 29.0. The third-order valence-corrected chi connectivity index (χ3v) is 7.81. The molecule has 3 atom stereocenters. The van der Waals surface area contributed by atoms with E-state index in [0.29, 0.717) is 23.7 Å². The van der Waals surface area contributed by atoms with Crippen LogP contribution >= 0.6 is 0 Å². The van der Waals surface area contributed by atoms with Gasteiger partial charge < -0.3 is 26.9 Å². The molecule has 212 valence electrons. The zero-order chi connectivity index (χ0) is 28.3. The second-order valence-electron chi connectivity index (χ2n) is 10.7. The Labute approximate surface area is 237 Å². The molecule has 0 saturated heterocycles. The Bertz CT molecular complexity index is 1340.